The number of hydrogen-bond donors (Lipinski definition) is 0. The van der Waals surface area contributed by atoms with Crippen molar-refractivity contribution >= 4 is 14.6 Å². The van der Waals surface area contributed by atoms with Crippen LogP contribution in [0.1, 0.15) is 52.2 Å². The number of esters is 1. The van der Waals surface area contributed by atoms with Crippen LogP contribution in [0.5, 0.6) is 0 Å². The van der Waals surface area contributed by atoms with Crippen molar-refractivity contribution in [2.45, 2.75) is 59.9 Å². The van der Waals surface area contributed by atoms with Crippen molar-refractivity contribution in [1.82, 2.24) is 0 Å². The maximum Gasteiger partial charge on any atom is 0.333 e. The number of carbonyl (C=O) groups is 1. The zero-order chi connectivity index (χ0) is 24.2. The van der Waals surface area contributed by atoms with Gasteiger partial charge in [-0.1, -0.05) is 60.7 Å². The molecule has 0 radical (unpaired) electrons. The van der Waals surface area contributed by atoms with Crippen molar-refractivity contribution in [1.29, 1.82) is 0 Å². The highest BCUT2D eigenvalue weighted by Crippen LogP contribution is 2.41. The Bertz CT molecular complexity index is 761. The summed E-state index contributed by atoms with van der Waals surface area (Å²) in [5.41, 5.74) is 0.895. The minimum atomic E-state index is -1.51. The van der Waals surface area contributed by atoms with E-state index in [4.69, 9.17) is 23.0 Å². The molecule has 0 aliphatic heterocycles. The van der Waals surface area contributed by atoms with Gasteiger partial charge in [0.1, 0.15) is 5.60 Å². The van der Waals surface area contributed by atoms with E-state index in [-0.39, 0.29) is 12.6 Å². The van der Waals surface area contributed by atoms with E-state index in [1.165, 1.54) is 0 Å². The van der Waals surface area contributed by atoms with Crippen LogP contribution >= 0.6 is 8.60 Å². The lowest BCUT2D eigenvalue weighted by Gasteiger charge is -2.28. The maximum atomic E-state index is 12.3. The van der Waals surface area contributed by atoms with Crippen LogP contribution in [-0.2, 0) is 41.1 Å². The zero-order valence-electron chi connectivity index (χ0n) is 20.4. The molecule has 0 heterocycles. The first-order chi connectivity index (χ1) is 15.7. The predicted molar refractivity (Wildman–Crippen MR) is 130 cm³/mol. The smallest absolute Gasteiger partial charge is 0.333 e. The van der Waals surface area contributed by atoms with Crippen LogP contribution in [0.3, 0.4) is 0 Å². The predicted octanol–water partition coefficient (Wildman–Crippen LogP) is 6.44. The zero-order valence-corrected chi connectivity index (χ0v) is 21.3. The van der Waals surface area contributed by atoms with Gasteiger partial charge in [0.2, 0.25) is 0 Å². The van der Waals surface area contributed by atoms with Gasteiger partial charge in [-0.2, -0.15) is 0 Å². The third-order valence-corrected chi connectivity index (χ3v) is 5.48. The molecule has 0 aliphatic rings. The molecule has 0 bridgehead atoms. The van der Waals surface area contributed by atoms with Gasteiger partial charge < -0.3 is 23.0 Å². The largest absolute Gasteiger partial charge is 0.459 e. The molecule has 2 rings (SSSR count). The summed E-state index contributed by atoms with van der Waals surface area (Å²) in [6.45, 7) is 11.2. The van der Waals surface area contributed by atoms with Gasteiger partial charge in [-0.15, -0.1) is 0 Å². The average molecular weight is 477 g/mol. The van der Waals surface area contributed by atoms with Gasteiger partial charge >= 0.3 is 14.6 Å². The lowest BCUT2D eigenvalue weighted by Crippen LogP contribution is -2.37. The summed E-state index contributed by atoms with van der Waals surface area (Å²) < 4.78 is 28.9. The molecular formula is C26H37O6P. The monoisotopic (exact) mass is 476 g/mol. The van der Waals surface area contributed by atoms with Crippen LogP contribution < -0.4 is 0 Å². The molecule has 2 aromatic carbocycles. The third-order valence-electron chi connectivity index (χ3n) is 4.40. The summed E-state index contributed by atoms with van der Waals surface area (Å²) in [7, 11) is -1.51. The lowest BCUT2D eigenvalue weighted by molar-refractivity contribution is -0.169. The topological polar surface area (TPSA) is 63.2 Å². The van der Waals surface area contributed by atoms with E-state index in [2.05, 4.69) is 0 Å². The van der Waals surface area contributed by atoms with E-state index in [1.807, 2.05) is 95.3 Å². The summed E-state index contributed by atoms with van der Waals surface area (Å²) in [5.74, 6) is -0.265. The van der Waals surface area contributed by atoms with Gasteiger partial charge in [0.25, 0.3) is 0 Å². The molecule has 0 aromatic heterocycles. The average Bonchev–Trinajstić information content (AvgIpc) is 2.77. The highest BCUT2D eigenvalue weighted by Gasteiger charge is 2.32. The fourth-order valence-corrected chi connectivity index (χ4v) is 3.63. The fraction of sp³-hybridized carbons (Fsp3) is 0.500. The molecule has 0 fully saturated rings. The van der Waals surface area contributed by atoms with Crippen molar-refractivity contribution in [2.24, 2.45) is 5.41 Å². The molecule has 0 amide bonds. The third kappa shape index (κ3) is 11.7. The minimum absolute atomic E-state index is 0.265. The van der Waals surface area contributed by atoms with Crippen molar-refractivity contribution in [3.63, 3.8) is 0 Å². The first-order valence-corrected chi connectivity index (χ1v) is 12.3. The standard InChI is InChI=1S/C26H37O6P/c1-25(2,3)32-24(27)26(4,5)21-28-17-12-18-29-33(30-19-22-13-8-6-9-14-22)31-20-23-15-10-7-11-16-23/h6-11,13-16H,12,17-21H2,1-5H3. The van der Waals surface area contributed by atoms with Crippen LogP contribution in [0.25, 0.3) is 0 Å². The molecule has 33 heavy (non-hydrogen) atoms. The number of rotatable bonds is 14. The Morgan fingerprint density at radius 2 is 1.27 bits per heavy atom. The molecule has 0 spiro atoms. The fourth-order valence-electron chi connectivity index (χ4n) is 2.62. The minimum Gasteiger partial charge on any atom is -0.459 e. The quantitative estimate of drug-likeness (QED) is 0.178. The van der Waals surface area contributed by atoms with Crippen LogP contribution in [0.2, 0.25) is 0 Å². The summed E-state index contributed by atoms with van der Waals surface area (Å²) in [5, 5.41) is 0. The number of ether oxygens (including phenoxy) is 2. The summed E-state index contributed by atoms with van der Waals surface area (Å²) >= 11 is 0. The Hall–Kier alpha value is -1.82. The second kappa shape index (κ2) is 13.8. The van der Waals surface area contributed by atoms with Gasteiger partial charge in [0.15, 0.2) is 0 Å². The molecule has 6 nitrogen and oxygen atoms in total. The normalized spacial score (nSPS) is 12.2. The second-order valence-corrected chi connectivity index (χ2v) is 10.6. The summed E-state index contributed by atoms with van der Waals surface area (Å²) in [4.78, 5) is 12.3. The lowest BCUT2D eigenvalue weighted by atomic mass is 9.94. The van der Waals surface area contributed by atoms with E-state index >= 15 is 0 Å². The molecule has 182 valence electrons. The highest BCUT2D eigenvalue weighted by molar-refractivity contribution is 7.41. The Morgan fingerprint density at radius 3 is 1.76 bits per heavy atom. The van der Waals surface area contributed by atoms with E-state index in [0.29, 0.717) is 32.8 Å². The van der Waals surface area contributed by atoms with Gasteiger partial charge in [-0.25, -0.2) is 0 Å². The molecule has 0 saturated heterocycles. The van der Waals surface area contributed by atoms with Gasteiger partial charge in [0.05, 0.1) is 31.8 Å². The number of carbonyl (C=O) groups excluding carboxylic acids is 1. The van der Waals surface area contributed by atoms with Crippen LogP contribution in [0.15, 0.2) is 60.7 Å². The van der Waals surface area contributed by atoms with Crippen LogP contribution in [0, 0.1) is 5.41 Å². The van der Waals surface area contributed by atoms with Crippen LogP contribution in [-0.4, -0.2) is 31.4 Å². The van der Waals surface area contributed by atoms with Gasteiger partial charge in [-0.05, 0) is 52.2 Å². The van der Waals surface area contributed by atoms with Crippen molar-refractivity contribution in [2.75, 3.05) is 19.8 Å². The number of hydrogen-bond acceptors (Lipinski definition) is 6. The Morgan fingerprint density at radius 1 is 0.758 bits per heavy atom. The molecule has 0 aliphatic carbocycles. The van der Waals surface area contributed by atoms with Gasteiger partial charge in [-0.3, -0.25) is 4.79 Å². The SMILES string of the molecule is CC(C)(C)OC(=O)C(C)(C)COCCCOP(OCc1ccccc1)OCc1ccccc1. The Kier molecular flexibility index (Phi) is 11.5. The summed E-state index contributed by atoms with van der Waals surface area (Å²) in [6.07, 6.45) is 0.659. The van der Waals surface area contributed by atoms with E-state index < -0.39 is 19.6 Å². The first kappa shape index (κ1) is 27.4. The molecule has 0 N–H and O–H groups in total. The van der Waals surface area contributed by atoms with Crippen LogP contribution in [0.4, 0.5) is 0 Å². The Labute approximate surface area is 199 Å². The molecule has 2 aromatic rings. The molecule has 0 saturated carbocycles. The molecular weight excluding hydrogens is 439 g/mol. The Balaban J connectivity index is 1.73. The van der Waals surface area contributed by atoms with Crippen molar-refractivity contribution in [3.8, 4) is 0 Å². The van der Waals surface area contributed by atoms with E-state index in [9.17, 15) is 4.79 Å². The summed E-state index contributed by atoms with van der Waals surface area (Å²) in [6, 6.07) is 19.9. The highest BCUT2D eigenvalue weighted by atomic mass is 31.2. The molecule has 0 unspecified atom stereocenters. The van der Waals surface area contributed by atoms with Crippen molar-refractivity contribution < 1.29 is 27.8 Å². The van der Waals surface area contributed by atoms with E-state index in [0.717, 1.165) is 11.1 Å². The number of benzene rings is 2. The second-order valence-electron chi connectivity index (χ2n) is 9.37. The molecule has 0 atom stereocenters. The van der Waals surface area contributed by atoms with Gasteiger partial charge in [0, 0.05) is 6.61 Å². The maximum absolute atomic E-state index is 12.3. The van der Waals surface area contributed by atoms with E-state index in [1.54, 1.807) is 0 Å². The molecule has 7 heteroatoms. The van der Waals surface area contributed by atoms with Crippen molar-refractivity contribution in [3.05, 3.63) is 71.8 Å². The first-order valence-electron chi connectivity index (χ1n) is 11.2.